The lowest BCUT2D eigenvalue weighted by Gasteiger charge is -2.35. The van der Waals surface area contributed by atoms with E-state index >= 15 is 0 Å². The van der Waals surface area contributed by atoms with Crippen LogP contribution in [0.25, 0.3) is 0 Å². The molecule has 6 heteroatoms. The molecule has 0 saturated carbocycles. The van der Waals surface area contributed by atoms with Gasteiger partial charge in [0.15, 0.2) is 0 Å². The van der Waals surface area contributed by atoms with Crippen molar-refractivity contribution in [3.05, 3.63) is 11.4 Å². The molecular formula is C13H21N5O. The van der Waals surface area contributed by atoms with Gasteiger partial charge in [-0.15, -0.1) is 0 Å². The number of hydrogen-bond acceptors (Lipinski definition) is 5. The average Bonchev–Trinajstić information content (AvgIpc) is 2.42. The Hall–Kier alpha value is -1.85. The van der Waals surface area contributed by atoms with Crippen LogP contribution in [0.15, 0.2) is 0 Å². The Balaban J connectivity index is 2.45. The quantitative estimate of drug-likeness (QED) is 0.840. The van der Waals surface area contributed by atoms with Crippen molar-refractivity contribution in [2.24, 2.45) is 0 Å². The molecule has 1 amide bonds. The van der Waals surface area contributed by atoms with Crippen LogP contribution in [-0.4, -0.2) is 42.1 Å². The Morgan fingerprint density at radius 2 is 2.21 bits per heavy atom. The maximum Gasteiger partial charge on any atom is 0.242 e. The molecule has 6 nitrogen and oxygen atoms in total. The third kappa shape index (κ3) is 2.47. The second-order valence-electron chi connectivity index (χ2n) is 4.70. The summed E-state index contributed by atoms with van der Waals surface area (Å²) in [5.74, 6) is 2.54. The molecular weight excluding hydrogens is 242 g/mol. The summed E-state index contributed by atoms with van der Waals surface area (Å²) in [5, 5.41) is 5.97. The van der Waals surface area contributed by atoms with E-state index in [-0.39, 0.29) is 11.9 Å². The van der Waals surface area contributed by atoms with Gasteiger partial charge in [0.25, 0.3) is 0 Å². The third-order valence-corrected chi connectivity index (χ3v) is 3.49. The van der Waals surface area contributed by atoms with Crippen molar-refractivity contribution in [1.82, 2.24) is 15.3 Å². The molecule has 0 aromatic carbocycles. The molecule has 0 radical (unpaired) electrons. The molecule has 19 heavy (non-hydrogen) atoms. The van der Waals surface area contributed by atoms with Gasteiger partial charge in [-0.1, -0.05) is 6.92 Å². The van der Waals surface area contributed by atoms with E-state index in [0.29, 0.717) is 6.54 Å². The zero-order valence-electron chi connectivity index (χ0n) is 11.9. The van der Waals surface area contributed by atoms with E-state index in [4.69, 9.17) is 0 Å². The molecule has 1 atom stereocenters. The highest BCUT2D eigenvalue weighted by Crippen LogP contribution is 2.25. The smallest absolute Gasteiger partial charge is 0.242 e. The van der Waals surface area contributed by atoms with Crippen molar-refractivity contribution in [2.75, 3.05) is 30.4 Å². The Labute approximate surface area is 113 Å². The SMILES string of the molecule is CCc1nc(NC)c(C)c(N2CCNC(=O)C2C)n1. The van der Waals surface area contributed by atoms with Crippen LogP contribution in [0.4, 0.5) is 11.6 Å². The monoisotopic (exact) mass is 263 g/mol. The molecule has 1 aromatic heterocycles. The van der Waals surface area contributed by atoms with Crippen LogP contribution in [0.3, 0.4) is 0 Å². The first kappa shape index (κ1) is 13.6. The lowest BCUT2D eigenvalue weighted by Crippen LogP contribution is -2.54. The van der Waals surface area contributed by atoms with Crippen molar-refractivity contribution < 1.29 is 4.79 Å². The number of anilines is 2. The molecule has 0 bridgehead atoms. The molecule has 1 aromatic rings. The lowest BCUT2D eigenvalue weighted by molar-refractivity contribution is -0.122. The van der Waals surface area contributed by atoms with Crippen molar-refractivity contribution >= 4 is 17.5 Å². The summed E-state index contributed by atoms with van der Waals surface area (Å²) in [6.07, 6.45) is 0.774. The predicted molar refractivity (Wildman–Crippen MR) is 75.5 cm³/mol. The topological polar surface area (TPSA) is 70.2 Å². The number of nitrogens with one attached hydrogen (secondary N) is 2. The number of carbonyl (C=O) groups excluding carboxylic acids is 1. The minimum Gasteiger partial charge on any atom is -0.373 e. The second-order valence-corrected chi connectivity index (χ2v) is 4.70. The summed E-state index contributed by atoms with van der Waals surface area (Å²) in [4.78, 5) is 22.9. The molecule has 1 saturated heterocycles. The van der Waals surface area contributed by atoms with E-state index in [0.717, 1.165) is 36.0 Å². The molecule has 1 aliphatic heterocycles. The zero-order chi connectivity index (χ0) is 14.0. The summed E-state index contributed by atoms with van der Waals surface area (Å²) in [7, 11) is 1.85. The molecule has 1 aliphatic rings. The van der Waals surface area contributed by atoms with Gasteiger partial charge in [0.1, 0.15) is 23.5 Å². The van der Waals surface area contributed by atoms with Crippen LogP contribution in [0.2, 0.25) is 0 Å². The van der Waals surface area contributed by atoms with E-state index in [9.17, 15) is 4.79 Å². The number of piperazine rings is 1. The largest absolute Gasteiger partial charge is 0.373 e. The first-order valence-electron chi connectivity index (χ1n) is 6.68. The fraction of sp³-hybridized carbons (Fsp3) is 0.615. The summed E-state index contributed by atoms with van der Waals surface area (Å²) < 4.78 is 0. The number of rotatable bonds is 3. The minimum atomic E-state index is -0.197. The van der Waals surface area contributed by atoms with Crippen LogP contribution >= 0.6 is 0 Å². The molecule has 104 valence electrons. The first-order valence-corrected chi connectivity index (χ1v) is 6.68. The average molecular weight is 263 g/mol. The van der Waals surface area contributed by atoms with Crippen LogP contribution < -0.4 is 15.5 Å². The van der Waals surface area contributed by atoms with Gasteiger partial charge >= 0.3 is 0 Å². The fourth-order valence-electron chi connectivity index (χ4n) is 2.30. The van der Waals surface area contributed by atoms with E-state index in [2.05, 4.69) is 25.5 Å². The van der Waals surface area contributed by atoms with Crippen LogP contribution in [0, 0.1) is 6.92 Å². The second kappa shape index (κ2) is 5.42. The Morgan fingerprint density at radius 1 is 1.47 bits per heavy atom. The molecule has 2 heterocycles. The summed E-state index contributed by atoms with van der Waals surface area (Å²) in [6, 6.07) is -0.197. The normalized spacial score (nSPS) is 19.3. The maximum absolute atomic E-state index is 11.8. The van der Waals surface area contributed by atoms with E-state index < -0.39 is 0 Å². The number of hydrogen-bond donors (Lipinski definition) is 2. The molecule has 1 fully saturated rings. The first-order chi connectivity index (χ1) is 9.08. The van der Waals surface area contributed by atoms with Crippen molar-refractivity contribution in [1.29, 1.82) is 0 Å². The molecule has 2 N–H and O–H groups in total. The van der Waals surface area contributed by atoms with E-state index in [1.54, 1.807) is 0 Å². The van der Waals surface area contributed by atoms with Gasteiger partial charge in [0, 0.05) is 32.1 Å². The van der Waals surface area contributed by atoms with E-state index in [1.165, 1.54) is 0 Å². The number of aryl methyl sites for hydroxylation is 1. The van der Waals surface area contributed by atoms with Gasteiger partial charge in [0.2, 0.25) is 5.91 Å². The Morgan fingerprint density at radius 3 is 2.84 bits per heavy atom. The molecule has 0 aliphatic carbocycles. The number of aromatic nitrogens is 2. The van der Waals surface area contributed by atoms with E-state index in [1.807, 2.05) is 27.8 Å². The number of carbonyl (C=O) groups is 1. The van der Waals surface area contributed by atoms with Gasteiger partial charge in [0.05, 0.1) is 0 Å². The van der Waals surface area contributed by atoms with Crippen molar-refractivity contribution in [3.63, 3.8) is 0 Å². The standard InChI is InChI=1S/C13H21N5O/c1-5-10-16-11(14-4)8(2)12(17-10)18-7-6-15-13(19)9(18)3/h9H,5-7H2,1-4H3,(H,15,19)(H,14,16,17). The lowest BCUT2D eigenvalue weighted by atomic mass is 10.1. The molecule has 0 spiro atoms. The number of nitrogens with zero attached hydrogens (tertiary/aromatic N) is 3. The van der Waals surface area contributed by atoms with Crippen molar-refractivity contribution in [2.45, 2.75) is 33.2 Å². The predicted octanol–water partition coefficient (Wildman–Crippen LogP) is 0.714. The highest BCUT2D eigenvalue weighted by atomic mass is 16.2. The van der Waals surface area contributed by atoms with Gasteiger partial charge in [-0.3, -0.25) is 4.79 Å². The molecule has 2 rings (SSSR count). The Kier molecular flexibility index (Phi) is 3.87. The highest BCUT2D eigenvalue weighted by Gasteiger charge is 2.28. The Bertz CT molecular complexity index is 488. The van der Waals surface area contributed by atoms with Gasteiger partial charge in [-0.2, -0.15) is 0 Å². The number of amides is 1. The fourth-order valence-corrected chi connectivity index (χ4v) is 2.30. The highest BCUT2D eigenvalue weighted by molar-refractivity contribution is 5.86. The summed E-state index contributed by atoms with van der Waals surface area (Å²) in [6.45, 7) is 7.35. The van der Waals surface area contributed by atoms with Crippen LogP contribution in [0.1, 0.15) is 25.2 Å². The minimum absolute atomic E-state index is 0.0494. The summed E-state index contributed by atoms with van der Waals surface area (Å²) >= 11 is 0. The summed E-state index contributed by atoms with van der Waals surface area (Å²) in [5.41, 5.74) is 0.987. The van der Waals surface area contributed by atoms with Crippen LogP contribution in [0.5, 0.6) is 0 Å². The van der Waals surface area contributed by atoms with Crippen LogP contribution in [-0.2, 0) is 11.2 Å². The van der Waals surface area contributed by atoms with Gasteiger partial charge < -0.3 is 15.5 Å². The van der Waals surface area contributed by atoms with Gasteiger partial charge in [-0.05, 0) is 13.8 Å². The third-order valence-electron chi connectivity index (χ3n) is 3.49. The van der Waals surface area contributed by atoms with Gasteiger partial charge in [-0.25, -0.2) is 9.97 Å². The van der Waals surface area contributed by atoms with Crippen molar-refractivity contribution in [3.8, 4) is 0 Å². The molecule has 1 unspecified atom stereocenters. The zero-order valence-corrected chi connectivity index (χ0v) is 11.9. The maximum atomic E-state index is 11.8.